The zero-order valence-electron chi connectivity index (χ0n) is 12.1. The van der Waals surface area contributed by atoms with Gasteiger partial charge in [-0.25, -0.2) is 4.79 Å². The summed E-state index contributed by atoms with van der Waals surface area (Å²) in [6.07, 6.45) is 4.50. The highest BCUT2D eigenvalue weighted by Crippen LogP contribution is 2.30. The highest BCUT2D eigenvalue weighted by molar-refractivity contribution is 6.30. The van der Waals surface area contributed by atoms with Crippen molar-refractivity contribution in [2.45, 2.75) is 26.3 Å². The molecule has 0 saturated heterocycles. The SMILES string of the molecule is C=CCN(c1ccc(Cl)cc1/C=C/C(=O)O)C(C)(C)C. The van der Waals surface area contributed by atoms with Crippen LogP contribution in [0.2, 0.25) is 5.02 Å². The Morgan fingerprint density at radius 3 is 2.60 bits per heavy atom. The lowest BCUT2D eigenvalue weighted by Gasteiger charge is -2.38. The quantitative estimate of drug-likeness (QED) is 0.652. The summed E-state index contributed by atoms with van der Waals surface area (Å²) in [5.74, 6) is -0.984. The zero-order chi connectivity index (χ0) is 15.3. The number of carboxylic acid groups (broad SMARTS) is 1. The number of benzene rings is 1. The van der Waals surface area contributed by atoms with Gasteiger partial charge in [0, 0.05) is 28.9 Å². The predicted octanol–water partition coefficient (Wildman–Crippen LogP) is 4.23. The van der Waals surface area contributed by atoms with E-state index in [0.29, 0.717) is 11.6 Å². The molecule has 0 amide bonds. The van der Waals surface area contributed by atoms with Crippen molar-refractivity contribution in [3.8, 4) is 0 Å². The van der Waals surface area contributed by atoms with Crippen LogP contribution in [-0.2, 0) is 4.79 Å². The highest BCUT2D eigenvalue weighted by atomic mass is 35.5. The Hall–Kier alpha value is -1.74. The van der Waals surface area contributed by atoms with Gasteiger partial charge in [0.05, 0.1) is 0 Å². The number of carbonyl (C=O) groups is 1. The molecule has 1 N–H and O–H groups in total. The van der Waals surface area contributed by atoms with Gasteiger partial charge in [0.1, 0.15) is 0 Å². The average Bonchev–Trinajstić information content (AvgIpc) is 2.33. The maximum absolute atomic E-state index is 10.7. The summed E-state index contributed by atoms with van der Waals surface area (Å²) < 4.78 is 0. The van der Waals surface area contributed by atoms with Crippen molar-refractivity contribution in [1.29, 1.82) is 0 Å². The topological polar surface area (TPSA) is 40.5 Å². The molecule has 0 bridgehead atoms. The van der Waals surface area contributed by atoms with Crippen LogP contribution in [0, 0.1) is 0 Å². The molecule has 0 aliphatic rings. The Balaban J connectivity index is 3.33. The number of hydrogen-bond donors (Lipinski definition) is 1. The maximum atomic E-state index is 10.7. The third-order valence-corrected chi connectivity index (χ3v) is 3.04. The highest BCUT2D eigenvalue weighted by Gasteiger charge is 2.22. The van der Waals surface area contributed by atoms with Crippen LogP contribution >= 0.6 is 11.6 Å². The zero-order valence-corrected chi connectivity index (χ0v) is 12.8. The van der Waals surface area contributed by atoms with E-state index in [1.807, 2.05) is 12.1 Å². The summed E-state index contributed by atoms with van der Waals surface area (Å²) in [6, 6.07) is 5.47. The van der Waals surface area contributed by atoms with Crippen LogP contribution in [0.3, 0.4) is 0 Å². The molecule has 1 rings (SSSR count). The molecule has 0 aliphatic carbocycles. The van der Waals surface area contributed by atoms with Crippen LogP contribution in [0.4, 0.5) is 5.69 Å². The molecule has 4 heteroatoms. The van der Waals surface area contributed by atoms with Crippen molar-refractivity contribution < 1.29 is 9.90 Å². The smallest absolute Gasteiger partial charge is 0.328 e. The first-order valence-corrected chi connectivity index (χ1v) is 6.72. The number of halogens is 1. The monoisotopic (exact) mass is 293 g/mol. The van der Waals surface area contributed by atoms with Gasteiger partial charge in [0.25, 0.3) is 0 Å². The molecule has 0 atom stereocenters. The van der Waals surface area contributed by atoms with Crippen LogP contribution in [0.5, 0.6) is 0 Å². The van der Waals surface area contributed by atoms with Gasteiger partial charge in [0.15, 0.2) is 0 Å². The molecule has 3 nitrogen and oxygen atoms in total. The van der Waals surface area contributed by atoms with Crippen LogP contribution in [0.1, 0.15) is 26.3 Å². The minimum absolute atomic E-state index is 0.117. The summed E-state index contributed by atoms with van der Waals surface area (Å²) >= 11 is 6.01. The lowest BCUT2D eigenvalue weighted by molar-refractivity contribution is -0.131. The fourth-order valence-electron chi connectivity index (χ4n) is 1.93. The van der Waals surface area contributed by atoms with Crippen molar-refractivity contribution >= 4 is 29.3 Å². The molecule has 1 aromatic rings. The van der Waals surface area contributed by atoms with Crippen molar-refractivity contribution in [2.24, 2.45) is 0 Å². The third-order valence-electron chi connectivity index (χ3n) is 2.81. The van der Waals surface area contributed by atoms with Crippen LogP contribution in [-0.4, -0.2) is 23.2 Å². The molecule has 1 aromatic carbocycles. The Morgan fingerprint density at radius 2 is 2.10 bits per heavy atom. The van der Waals surface area contributed by atoms with Crippen LogP contribution in [0.15, 0.2) is 36.9 Å². The van der Waals surface area contributed by atoms with Crippen molar-refractivity contribution in [2.75, 3.05) is 11.4 Å². The van der Waals surface area contributed by atoms with Gasteiger partial charge >= 0.3 is 5.97 Å². The Bertz CT molecular complexity index is 530. The minimum atomic E-state index is -0.984. The molecule has 108 valence electrons. The van der Waals surface area contributed by atoms with E-state index >= 15 is 0 Å². The second kappa shape index (κ2) is 6.62. The minimum Gasteiger partial charge on any atom is -0.478 e. The Kier molecular flexibility index (Phi) is 5.40. The fraction of sp³-hybridized carbons (Fsp3) is 0.312. The summed E-state index contributed by atoms with van der Waals surface area (Å²) in [4.78, 5) is 12.9. The van der Waals surface area contributed by atoms with Crippen LogP contribution < -0.4 is 4.90 Å². The van der Waals surface area contributed by atoms with Gasteiger partial charge in [-0.15, -0.1) is 6.58 Å². The Labute approximate surface area is 125 Å². The lowest BCUT2D eigenvalue weighted by Crippen LogP contribution is -2.42. The molecular formula is C16H20ClNO2. The summed E-state index contributed by atoms with van der Waals surface area (Å²) in [7, 11) is 0. The van der Waals surface area contributed by atoms with Gasteiger partial charge in [-0.1, -0.05) is 17.7 Å². The summed E-state index contributed by atoms with van der Waals surface area (Å²) in [5.41, 5.74) is 1.59. The third kappa shape index (κ3) is 4.42. The summed E-state index contributed by atoms with van der Waals surface area (Å²) in [6.45, 7) is 10.7. The molecule has 0 saturated carbocycles. The number of hydrogen-bond acceptors (Lipinski definition) is 2. The molecule has 0 spiro atoms. The van der Waals surface area contributed by atoms with Gasteiger partial charge < -0.3 is 10.0 Å². The standard InChI is InChI=1S/C16H20ClNO2/c1-5-10-18(16(2,3)4)14-8-7-13(17)11-12(14)6-9-15(19)20/h5-9,11H,1,10H2,2-4H3,(H,19,20)/b9-6+. The van der Waals surface area contributed by atoms with E-state index in [1.165, 1.54) is 0 Å². The van der Waals surface area contributed by atoms with E-state index in [-0.39, 0.29) is 5.54 Å². The normalized spacial score (nSPS) is 11.6. The molecule has 0 unspecified atom stereocenters. The molecular weight excluding hydrogens is 274 g/mol. The molecule has 0 heterocycles. The second-order valence-corrected chi connectivity index (χ2v) is 5.88. The predicted molar refractivity (Wildman–Crippen MR) is 85.4 cm³/mol. The second-order valence-electron chi connectivity index (χ2n) is 5.44. The first-order chi connectivity index (χ1) is 9.25. The number of anilines is 1. The fourth-order valence-corrected chi connectivity index (χ4v) is 2.11. The van der Waals surface area contributed by atoms with E-state index in [2.05, 4.69) is 32.3 Å². The maximum Gasteiger partial charge on any atom is 0.328 e. The number of aliphatic carboxylic acids is 1. The van der Waals surface area contributed by atoms with E-state index in [0.717, 1.165) is 17.3 Å². The van der Waals surface area contributed by atoms with Gasteiger partial charge in [0.2, 0.25) is 0 Å². The lowest BCUT2D eigenvalue weighted by atomic mass is 10.0. The molecule has 0 radical (unpaired) electrons. The van der Waals surface area contributed by atoms with E-state index in [9.17, 15) is 4.79 Å². The number of rotatable bonds is 5. The van der Waals surface area contributed by atoms with Crippen LogP contribution in [0.25, 0.3) is 6.08 Å². The van der Waals surface area contributed by atoms with Gasteiger partial charge in [-0.05, 0) is 50.6 Å². The van der Waals surface area contributed by atoms with E-state index < -0.39 is 5.97 Å². The molecule has 0 aromatic heterocycles. The first-order valence-electron chi connectivity index (χ1n) is 6.35. The number of nitrogens with zero attached hydrogens (tertiary/aromatic N) is 1. The Morgan fingerprint density at radius 1 is 1.45 bits per heavy atom. The van der Waals surface area contributed by atoms with Crippen molar-refractivity contribution in [3.05, 3.63) is 47.5 Å². The van der Waals surface area contributed by atoms with Gasteiger partial charge in [-0.2, -0.15) is 0 Å². The van der Waals surface area contributed by atoms with E-state index in [1.54, 1.807) is 18.2 Å². The van der Waals surface area contributed by atoms with Crippen molar-refractivity contribution in [1.82, 2.24) is 0 Å². The molecule has 0 fully saturated rings. The largest absolute Gasteiger partial charge is 0.478 e. The van der Waals surface area contributed by atoms with Gasteiger partial charge in [-0.3, -0.25) is 0 Å². The van der Waals surface area contributed by atoms with E-state index in [4.69, 9.17) is 16.7 Å². The van der Waals surface area contributed by atoms with Crippen molar-refractivity contribution in [3.63, 3.8) is 0 Å². The molecule has 20 heavy (non-hydrogen) atoms. The summed E-state index contributed by atoms with van der Waals surface area (Å²) in [5, 5.41) is 9.36. The first kappa shape index (κ1) is 16.3. The number of carboxylic acids is 1. The molecule has 0 aliphatic heterocycles. The average molecular weight is 294 g/mol.